The number of nitrogens with one attached hydrogen (secondary N) is 2. The molecule has 3 aromatic rings. The lowest BCUT2D eigenvalue weighted by molar-refractivity contribution is -0.128. The zero-order valence-corrected chi connectivity index (χ0v) is 17.0. The van der Waals surface area contributed by atoms with Crippen molar-refractivity contribution in [2.24, 2.45) is 0 Å². The maximum atomic E-state index is 12.5. The molecule has 0 saturated heterocycles. The third-order valence-electron chi connectivity index (χ3n) is 3.75. The number of pyridine rings is 1. The Labute approximate surface area is 176 Å². The van der Waals surface area contributed by atoms with E-state index in [-0.39, 0.29) is 11.4 Å². The lowest BCUT2D eigenvalue weighted by Crippen LogP contribution is -2.47. The summed E-state index contributed by atoms with van der Waals surface area (Å²) in [5, 5.41) is 0. The molecule has 1 unspecified atom stereocenters. The smallest absolute Gasteiger partial charge is 0.279 e. The number of nitrogens with zero attached hydrogens (tertiary/aromatic N) is 1. The standard InChI is InChI=1S/C21H18BrN3O4/c1-14(28-17-10-5-7-15(22)13-17)19(26)24-25-20(27)18-11-6-12-23-21(18)29-16-8-3-2-4-9-16/h2-14H,1H3,(H,24,26)(H,25,27). The molecular formula is C21H18BrN3O4. The molecule has 2 N–H and O–H groups in total. The second-order valence-electron chi connectivity index (χ2n) is 5.93. The molecule has 1 atom stereocenters. The Morgan fingerprint density at radius 3 is 2.48 bits per heavy atom. The second kappa shape index (κ2) is 9.70. The highest BCUT2D eigenvalue weighted by atomic mass is 79.9. The predicted molar refractivity (Wildman–Crippen MR) is 111 cm³/mol. The van der Waals surface area contributed by atoms with Gasteiger partial charge in [0, 0.05) is 10.7 Å². The van der Waals surface area contributed by atoms with E-state index in [4.69, 9.17) is 9.47 Å². The molecule has 29 heavy (non-hydrogen) atoms. The second-order valence-corrected chi connectivity index (χ2v) is 6.85. The summed E-state index contributed by atoms with van der Waals surface area (Å²) in [5.41, 5.74) is 4.88. The number of para-hydroxylation sites is 1. The van der Waals surface area contributed by atoms with Crippen LogP contribution in [-0.4, -0.2) is 22.9 Å². The molecule has 1 heterocycles. The molecule has 0 saturated carbocycles. The van der Waals surface area contributed by atoms with E-state index >= 15 is 0 Å². The lowest BCUT2D eigenvalue weighted by atomic mass is 10.2. The minimum absolute atomic E-state index is 0.129. The molecule has 148 valence electrons. The van der Waals surface area contributed by atoms with Gasteiger partial charge in [0.15, 0.2) is 6.10 Å². The van der Waals surface area contributed by atoms with Crippen molar-refractivity contribution in [1.82, 2.24) is 15.8 Å². The van der Waals surface area contributed by atoms with Crippen LogP contribution in [0.25, 0.3) is 0 Å². The van der Waals surface area contributed by atoms with Gasteiger partial charge in [-0.3, -0.25) is 20.4 Å². The maximum absolute atomic E-state index is 12.5. The summed E-state index contributed by atoms with van der Waals surface area (Å²) in [6.45, 7) is 1.58. The van der Waals surface area contributed by atoms with Crippen LogP contribution in [-0.2, 0) is 4.79 Å². The monoisotopic (exact) mass is 455 g/mol. The first-order valence-corrected chi connectivity index (χ1v) is 9.52. The predicted octanol–water partition coefficient (Wildman–Crippen LogP) is 3.86. The molecule has 2 aromatic carbocycles. The first kappa shape index (κ1) is 20.3. The third-order valence-corrected chi connectivity index (χ3v) is 4.24. The number of hydrogen-bond acceptors (Lipinski definition) is 5. The zero-order valence-electron chi connectivity index (χ0n) is 15.5. The Bertz CT molecular complexity index is 998. The van der Waals surface area contributed by atoms with Crippen LogP contribution in [0.2, 0.25) is 0 Å². The Kier molecular flexibility index (Phi) is 6.80. The van der Waals surface area contributed by atoms with Crippen molar-refractivity contribution in [3.63, 3.8) is 0 Å². The number of ether oxygens (including phenoxy) is 2. The molecule has 1 aromatic heterocycles. The minimum Gasteiger partial charge on any atom is -0.481 e. The van der Waals surface area contributed by atoms with Crippen molar-refractivity contribution in [3.05, 3.63) is 83.0 Å². The van der Waals surface area contributed by atoms with Gasteiger partial charge >= 0.3 is 0 Å². The quantitative estimate of drug-likeness (QED) is 0.550. The van der Waals surface area contributed by atoms with Crippen molar-refractivity contribution >= 4 is 27.7 Å². The lowest BCUT2D eigenvalue weighted by Gasteiger charge is -2.16. The normalized spacial score (nSPS) is 11.2. The summed E-state index contributed by atoms with van der Waals surface area (Å²) >= 11 is 3.34. The highest BCUT2D eigenvalue weighted by Crippen LogP contribution is 2.22. The highest BCUT2D eigenvalue weighted by molar-refractivity contribution is 9.10. The molecule has 0 aliphatic heterocycles. The van der Waals surface area contributed by atoms with Crippen LogP contribution in [0, 0.1) is 0 Å². The fourth-order valence-corrected chi connectivity index (χ4v) is 2.71. The van der Waals surface area contributed by atoms with Crippen molar-refractivity contribution in [2.75, 3.05) is 0 Å². The van der Waals surface area contributed by atoms with Gasteiger partial charge in [-0.1, -0.05) is 40.2 Å². The van der Waals surface area contributed by atoms with Gasteiger partial charge in [-0.2, -0.15) is 0 Å². The zero-order chi connectivity index (χ0) is 20.6. The van der Waals surface area contributed by atoms with Crippen LogP contribution in [0.4, 0.5) is 0 Å². The summed E-state index contributed by atoms with van der Waals surface area (Å²) in [7, 11) is 0. The Balaban J connectivity index is 1.59. The number of carbonyl (C=O) groups is 2. The molecule has 3 rings (SSSR count). The molecular weight excluding hydrogens is 438 g/mol. The number of hydrogen-bond donors (Lipinski definition) is 2. The fourth-order valence-electron chi connectivity index (χ4n) is 2.33. The van der Waals surface area contributed by atoms with E-state index in [9.17, 15) is 9.59 Å². The molecule has 0 fully saturated rings. The van der Waals surface area contributed by atoms with Crippen LogP contribution >= 0.6 is 15.9 Å². The number of benzene rings is 2. The molecule has 0 radical (unpaired) electrons. The first-order chi connectivity index (χ1) is 14.0. The molecule has 8 heteroatoms. The van der Waals surface area contributed by atoms with E-state index in [1.807, 2.05) is 24.3 Å². The van der Waals surface area contributed by atoms with Crippen LogP contribution in [0.5, 0.6) is 17.4 Å². The number of rotatable bonds is 6. The van der Waals surface area contributed by atoms with Gasteiger partial charge in [0.05, 0.1) is 0 Å². The molecule has 0 spiro atoms. The molecule has 7 nitrogen and oxygen atoms in total. The van der Waals surface area contributed by atoms with Crippen molar-refractivity contribution in [2.45, 2.75) is 13.0 Å². The van der Waals surface area contributed by atoms with E-state index < -0.39 is 17.9 Å². The summed E-state index contributed by atoms with van der Waals surface area (Å²) in [6, 6.07) is 19.2. The van der Waals surface area contributed by atoms with Crippen LogP contribution in [0.3, 0.4) is 0 Å². The Morgan fingerprint density at radius 1 is 0.966 bits per heavy atom. The topological polar surface area (TPSA) is 89.6 Å². The molecule has 0 aliphatic carbocycles. The number of aromatic nitrogens is 1. The Morgan fingerprint density at radius 2 is 1.72 bits per heavy atom. The molecule has 2 amide bonds. The van der Waals surface area contributed by atoms with E-state index in [0.717, 1.165) is 4.47 Å². The Hall–Kier alpha value is -3.39. The van der Waals surface area contributed by atoms with Crippen molar-refractivity contribution < 1.29 is 19.1 Å². The van der Waals surface area contributed by atoms with E-state index in [2.05, 4.69) is 31.8 Å². The SMILES string of the molecule is CC(Oc1cccc(Br)c1)C(=O)NNC(=O)c1cccnc1Oc1ccccc1. The number of amides is 2. The van der Waals surface area contributed by atoms with Crippen LogP contribution < -0.4 is 20.3 Å². The van der Waals surface area contributed by atoms with Crippen molar-refractivity contribution in [1.29, 1.82) is 0 Å². The van der Waals surface area contributed by atoms with Gasteiger partial charge in [0.25, 0.3) is 11.8 Å². The van der Waals surface area contributed by atoms with E-state index in [0.29, 0.717) is 11.5 Å². The first-order valence-electron chi connectivity index (χ1n) is 8.73. The fraction of sp³-hybridized carbons (Fsp3) is 0.0952. The molecule has 0 bridgehead atoms. The van der Waals surface area contributed by atoms with Gasteiger partial charge in [-0.25, -0.2) is 4.98 Å². The third kappa shape index (κ3) is 5.79. The van der Waals surface area contributed by atoms with Gasteiger partial charge in [-0.15, -0.1) is 0 Å². The average Bonchev–Trinajstić information content (AvgIpc) is 2.73. The number of halogens is 1. The summed E-state index contributed by atoms with van der Waals surface area (Å²) in [6.07, 6.45) is 0.695. The number of carbonyl (C=O) groups excluding carboxylic acids is 2. The minimum atomic E-state index is -0.821. The maximum Gasteiger partial charge on any atom is 0.279 e. The molecule has 0 aliphatic rings. The summed E-state index contributed by atoms with van der Waals surface area (Å²) in [4.78, 5) is 28.8. The van der Waals surface area contributed by atoms with E-state index in [1.54, 1.807) is 49.4 Å². The number of hydrazine groups is 1. The van der Waals surface area contributed by atoms with Gasteiger partial charge < -0.3 is 9.47 Å². The van der Waals surface area contributed by atoms with Gasteiger partial charge in [0.2, 0.25) is 5.88 Å². The summed E-state index contributed by atoms with van der Waals surface area (Å²) < 4.78 is 12.1. The van der Waals surface area contributed by atoms with Crippen LogP contribution in [0.15, 0.2) is 77.4 Å². The van der Waals surface area contributed by atoms with Crippen LogP contribution in [0.1, 0.15) is 17.3 Å². The van der Waals surface area contributed by atoms with Gasteiger partial charge in [-0.05, 0) is 49.4 Å². The average molecular weight is 456 g/mol. The summed E-state index contributed by atoms with van der Waals surface area (Å²) in [5.74, 6) is 0.128. The van der Waals surface area contributed by atoms with Crippen molar-refractivity contribution in [3.8, 4) is 17.4 Å². The highest BCUT2D eigenvalue weighted by Gasteiger charge is 2.18. The largest absolute Gasteiger partial charge is 0.481 e. The van der Waals surface area contributed by atoms with Gasteiger partial charge in [0.1, 0.15) is 17.1 Å². The van der Waals surface area contributed by atoms with E-state index in [1.165, 1.54) is 6.20 Å².